The fourth-order valence-corrected chi connectivity index (χ4v) is 2.85. The monoisotopic (exact) mass is 312 g/mol. The number of carbonyl (C=O) groups excluding carboxylic acids is 2. The van der Waals surface area contributed by atoms with Crippen LogP contribution in [0.4, 0.5) is 0 Å². The molecule has 6 heteroatoms. The van der Waals surface area contributed by atoms with E-state index in [9.17, 15) is 14.4 Å². The van der Waals surface area contributed by atoms with E-state index < -0.39 is 11.9 Å². The van der Waals surface area contributed by atoms with Gasteiger partial charge in [-0.05, 0) is 26.2 Å². The molecule has 1 aliphatic rings. The van der Waals surface area contributed by atoms with Crippen molar-refractivity contribution in [1.29, 1.82) is 0 Å². The van der Waals surface area contributed by atoms with Crippen LogP contribution in [0.5, 0.6) is 0 Å². The van der Waals surface area contributed by atoms with E-state index in [1.165, 1.54) is 0 Å². The predicted molar refractivity (Wildman–Crippen MR) is 83.2 cm³/mol. The molecule has 2 unspecified atom stereocenters. The molecular weight excluding hydrogens is 284 g/mol. The molecule has 1 saturated carbocycles. The lowest BCUT2D eigenvalue weighted by molar-refractivity contribution is -0.142. The Morgan fingerprint density at radius 3 is 2.41 bits per heavy atom. The highest BCUT2D eigenvalue weighted by molar-refractivity contribution is 5.81. The third-order valence-corrected chi connectivity index (χ3v) is 4.14. The summed E-state index contributed by atoms with van der Waals surface area (Å²) in [5, 5.41) is 14.6. The average Bonchev–Trinajstić information content (AvgIpc) is 2.97. The van der Waals surface area contributed by atoms with Gasteiger partial charge in [-0.3, -0.25) is 14.4 Å². The second kappa shape index (κ2) is 9.43. The zero-order valence-electron chi connectivity index (χ0n) is 13.6. The summed E-state index contributed by atoms with van der Waals surface area (Å²) in [7, 11) is 0. The van der Waals surface area contributed by atoms with Gasteiger partial charge in [0.25, 0.3) is 0 Å². The Kier molecular flexibility index (Phi) is 7.91. The van der Waals surface area contributed by atoms with Crippen LogP contribution in [-0.2, 0) is 14.4 Å². The Morgan fingerprint density at radius 1 is 1.23 bits per heavy atom. The number of carboxylic acid groups (broad SMARTS) is 1. The number of hydrogen-bond acceptors (Lipinski definition) is 3. The molecule has 0 radical (unpaired) electrons. The van der Waals surface area contributed by atoms with Crippen LogP contribution in [0.3, 0.4) is 0 Å². The molecule has 2 atom stereocenters. The minimum Gasteiger partial charge on any atom is -0.481 e. The van der Waals surface area contributed by atoms with E-state index in [0.29, 0.717) is 6.42 Å². The van der Waals surface area contributed by atoms with Gasteiger partial charge >= 0.3 is 5.97 Å². The fraction of sp³-hybridized carbons (Fsp3) is 0.812. The molecular formula is C16H28N2O4. The van der Waals surface area contributed by atoms with Gasteiger partial charge in [0.15, 0.2) is 0 Å². The summed E-state index contributed by atoms with van der Waals surface area (Å²) in [6.45, 7) is 3.86. The van der Waals surface area contributed by atoms with Crippen LogP contribution in [0.25, 0.3) is 0 Å². The van der Waals surface area contributed by atoms with E-state index in [1.807, 2.05) is 6.92 Å². The predicted octanol–water partition coefficient (Wildman–Crippen LogP) is 1.69. The molecule has 6 nitrogen and oxygen atoms in total. The summed E-state index contributed by atoms with van der Waals surface area (Å²) >= 11 is 0. The molecule has 0 heterocycles. The Labute approximate surface area is 132 Å². The second-order valence-electron chi connectivity index (χ2n) is 6.22. The van der Waals surface area contributed by atoms with Crippen molar-refractivity contribution >= 4 is 17.8 Å². The van der Waals surface area contributed by atoms with Crippen LogP contribution < -0.4 is 10.6 Å². The van der Waals surface area contributed by atoms with E-state index in [4.69, 9.17) is 5.11 Å². The van der Waals surface area contributed by atoms with Crippen LogP contribution in [0.2, 0.25) is 0 Å². The lowest BCUT2D eigenvalue weighted by Gasteiger charge is -2.17. The Morgan fingerprint density at radius 2 is 1.86 bits per heavy atom. The van der Waals surface area contributed by atoms with Crippen molar-refractivity contribution in [1.82, 2.24) is 10.6 Å². The van der Waals surface area contributed by atoms with Gasteiger partial charge in [0, 0.05) is 24.9 Å². The van der Waals surface area contributed by atoms with Crippen LogP contribution in [0.15, 0.2) is 0 Å². The fourth-order valence-electron chi connectivity index (χ4n) is 2.85. The highest BCUT2D eigenvalue weighted by Gasteiger charge is 2.24. The van der Waals surface area contributed by atoms with Crippen molar-refractivity contribution in [3.8, 4) is 0 Å². The maximum atomic E-state index is 12.0. The Bertz CT molecular complexity index is 392. The van der Waals surface area contributed by atoms with Gasteiger partial charge in [0.1, 0.15) is 0 Å². The van der Waals surface area contributed by atoms with E-state index >= 15 is 0 Å². The summed E-state index contributed by atoms with van der Waals surface area (Å²) in [5.74, 6) is -1.53. The van der Waals surface area contributed by atoms with Crippen molar-refractivity contribution in [2.75, 3.05) is 6.54 Å². The number of amides is 2. The molecule has 0 aromatic carbocycles. The van der Waals surface area contributed by atoms with Gasteiger partial charge in [-0.1, -0.05) is 26.2 Å². The molecule has 0 aromatic heterocycles. The van der Waals surface area contributed by atoms with Crippen molar-refractivity contribution in [2.24, 2.45) is 11.8 Å². The zero-order valence-corrected chi connectivity index (χ0v) is 13.6. The molecule has 0 saturated heterocycles. The first-order valence-electron chi connectivity index (χ1n) is 8.23. The number of hydrogen-bond donors (Lipinski definition) is 3. The van der Waals surface area contributed by atoms with Gasteiger partial charge in [-0.15, -0.1) is 0 Å². The third-order valence-electron chi connectivity index (χ3n) is 4.14. The van der Waals surface area contributed by atoms with Gasteiger partial charge in [-0.25, -0.2) is 0 Å². The van der Waals surface area contributed by atoms with Crippen LogP contribution in [-0.4, -0.2) is 35.5 Å². The summed E-state index contributed by atoms with van der Waals surface area (Å²) < 4.78 is 0. The second-order valence-corrected chi connectivity index (χ2v) is 6.22. The van der Waals surface area contributed by atoms with E-state index in [1.54, 1.807) is 6.92 Å². The maximum absolute atomic E-state index is 12.0. The van der Waals surface area contributed by atoms with Crippen molar-refractivity contribution in [2.45, 2.75) is 64.8 Å². The highest BCUT2D eigenvalue weighted by Crippen LogP contribution is 2.24. The highest BCUT2D eigenvalue weighted by atomic mass is 16.4. The topological polar surface area (TPSA) is 95.5 Å². The van der Waals surface area contributed by atoms with Crippen LogP contribution in [0, 0.1) is 11.8 Å². The normalized spacial score (nSPS) is 17.7. The largest absolute Gasteiger partial charge is 0.481 e. The summed E-state index contributed by atoms with van der Waals surface area (Å²) in [6.07, 6.45) is 5.55. The molecule has 1 fully saturated rings. The van der Waals surface area contributed by atoms with Crippen molar-refractivity contribution < 1.29 is 19.5 Å². The quantitative estimate of drug-likeness (QED) is 0.603. The summed E-state index contributed by atoms with van der Waals surface area (Å²) in [6, 6.07) is -0.234. The number of rotatable bonds is 9. The number of carbonyl (C=O) groups is 3. The lowest BCUT2D eigenvalue weighted by Crippen LogP contribution is -2.41. The summed E-state index contributed by atoms with van der Waals surface area (Å²) in [5.41, 5.74) is 0. The van der Waals surface area contributed by atoms with Crippen molar-refractivity contribution in [3.05, 3.63) is 0 Å². The first kappa shape index (κ1) is 18.5. The van der Waals surface area contributed by atoms with E-state index in [0.717, 1.165) is 32.1 Å². The first-order valence-corrected chi connectivity index (χ1v) is 8.23. The molecule has 1 rings (SSSR count). The molecule has 3 N–H and O–H groups in total. The smallest absolute Gasteiger partial charge is 0.308 e. The van der Waals surface area contributed by atoms with Gasteiger partial charge in [0.05, 0.1) is 5.92 Å². The van der Waals surface area contributed by atoms with Crippen LogP contribution >= 0.6 is 0 Å². The number of aliphatic carboxylic acids is 1. The Hall–Kier alpha value is -1.59. The lowest BCUT2D eigenvalue weighted by atomic mass is 10.0. The molecule has 22 heavy (non-hydrogen) atoms. The van der Waals surface area contributed by atoms with Crippen molar-refractivity contribution in [3.63, 3.8) is 0 Å². The number of carboxylic acids is 1. The zero-order chi connectivity index (χ0) is 16.5. The SMILES string of the molecule is CCCC(CNC(=O)CC(C)NC(=O)C1CCCC1)C(=O)O. The Balaban J connectivity index is 2.28. The molecule has 0 spiro atoms. The van der Waals surface area contributed by atoms with Gasteiger partial charge < -0.3 is 15.7 Å². The third kappa shape index (κ3) is 6.45. The van der Waals surface area contributed by atoms with E-state index in [2.05, 4.69) is 10.6 Å². The van der Waals surface area contributed by atoms with Gasteiger partial charge in [0.2, 0.25) is 11.8 Å². The van der Waals surface area contributed by atoms with Crippen LogP contribution in [0.1, 0.15) is 58.8 Å². The standard InChI is InChI=1S/C16H28N2O4/c1-3-6-13(16(21)22)10-17-14(19)9-11(2)18-15(20)12-7-4-5-8-12/h11-13H,3-10H2,1-2H3,(H,17,19)(H,18,20)(H,21,22). The average molecular weight is 312 g/mol. The first-order chi connectivity index (χ1) is 10.4. The van der Waals surface area contributed by atoms with Gasteiger partial charge in [-0.2, -0.15) is 0 Å². The molecule has 1 aliphatic carbocycles. The molecule has 126 valence electrons. The molecule has 2 amide bonds. The minimum atomic E-state index is -0.885. The number of nitrogens with one attached hydrogen (secondary N) is 2. The molecule has 0 aliphatic heterocycles. The molecule has 0 aromatic rings. The summed E-state index contributed by atoms with van der Waals surface area (Å²) in [4.78, 5) is 34.8. The maximum Gasteiger partial charge on any atom is 0.308 e. The van der Waals surface area contributed by atoms with E-state index in [-0.39, 0.29) is 36.7 Å². The minimum absolute atomic E-state index is 0.0344. The molecule has 0 bridgehead atoms.